The fourth-order valence-electron chi connectivity index (χ4n) is 1.91. The molecule has 0 fully saturated rings. The van der Waals surface area contributed by atoms with Crippen molar-refractivity contribution in [1.29, 1.82) is 5.26 Å². The van der Waals surface area contributed by atoms with Crippen LogP contribution in [0, 0.1) is 17.1 Å². The van der Waals surface area contributed by atoms with Crippen LogP contribution in [0.5, 0.6) is 5.75 Å². The van der Waals surface area contributed by atoms with E-state index in [-0.39, 0.29) is 18.5 Å². The van der Waals surface area contributed by atoms with Crippen molar-refractivity contribution in [1.82, 2.24) is 0 Å². The highest BCUT2D eigenvalue weighted by atomic mass is 79.9. The molecule has 0 bridgehead atoms. The fourth-order valence-corrected chi connectivity index (χ4v) is 2.30. The van der Waals surface area contributed by atoms with E-state index in [0.717, 1.165) is 11.3 Å². The normalized spacial score (nSPS) is 11.5. The molecule has 0 saturated heterocycles. The van der Waals surface area contributed by atoms with Crippen LogP contribution < -0.4 is 10.1 Å². The quantitative estimate of drug-likeness (QED) is 0.854. The molecule has 108 valence electrons. The van der Waals surface area contributed by atoms with Crippen molar-refractivity contribution < 1.29 is 9.13 Å². The van der Waals surface area contributed by atoms with E-state index >= 15 is 0 Å². The highest BCUT2D eigenvalue weighted by molar-refractivity contribution is 9.10. The molecule has 21 heavy (non-hydrogen) atoms. The second-order valence-corrected chi connectivity index (χ2v) is 5.37. The molecule has 0 aliphatic carbocycles. The van der Waals surface area contributed by atoms with Crippen LogP contribution in [0.2, 0.25) is 0 Å². The Morgan fingerprint density at radius 3 is 2.86 bits per heavy atom. The first-order valence-electron chi connectivity index (χ1n) is 6.41. The molecular formula is C16H14BrFN2O. The van der Waals surface area contributed by atoms with Gasteiger partial charge >= 0.3 is 0 Å². The van der Waals surface area contributed by atoms with Gasteiger partial charge < -0.3 is 10.1 Å². The molecule has 0 radical (unpaired) electrons. The molecule has 2 aromatic carbocycles. The predicted molar refractivity (Wildman–Crippen MR) is 83.7 cm³/mol. The number of hydrogen-bond acceptors (Lipinski definition) is 3. The third kappa shape index (κ3) is 4.20. The van der Waals surface area contributed by atoms with Crippen LogP contribution in [-0.4, -0.2) is 6.61 Å². The molecule has 2 rings (SSSR count). The van der Waals surface area contributed by atoms with E-state index in [2.05, 4.69) is 21.2 Å². The van der Waals surface area contributed by atoms with Crippen molar-refractivity contribution in [2.45, 2.75) is 13.0 Å². The highest BCUT2D eigenvalue weighted by Crippen LogP contribution is 2.25. The minimum absolute atomic E-state index is 0.00752. The van der Waals surface area contributed by atoms with E-state index in [0.29, 0.717) is 10.2 Å². The number of nitrogens with one attached hydrogen (secondary N) is 1. The van der Waals surface area contributed by atoms with Crippen LogP contribution in [0.15, 0.2) is 46.9 Å². The first-order chi connectivity index (χ1) is 10.1. The van der Waals surface area contributed by atoms with Crippen molar-refractivity contribution in [3.63, 3.8) is 0 Å². The summed E-state index contributed by atoms with van der Waals surface area (Å²) < 4.78 is 19.0. The van der Waals surface area contributed by atoms with Gasteiger partial charge in [-0.05, 0) is 52.7 Å². The van der Waals surface area contributed by atoms with Crippen molar-refractivity contribution in [2.24, 2.45) is 0 Å². The molecule has 2 aromatic rings. The fraction of sp³-hybridized carbons (Fsp3) is 0.188. The first kappa shape index (κ1) is 15.3. The number of ether oxygens (including phenoxy) is 1. The molecule has 0 saturated carbocycles. The summed E-state index contributed by atoms with van der Waals surface area (Å²) in [7, 11) is 0. The maximum atomic E-state index is 13.3. The van der Waals surface area contributed by atoms with Crippen molar-refractivity contribution in [3.8, 4) is 11.8 Å². The number of anilines is 1. The van der Waals surface area contributed by atoms with Gasteiger partial charge in [0.05, 0.1) is 4.47 Å². The molecule has 5 heteroatoms. The van der Waals surface area contributed by atoms with Gasteiger partial charge in [0, 0.05) is 17.8 Å². The summed E-state index contributed by atoms with van der Waals surface area (Å²) in [6.45, 7) is 2.01. The van der Waals surface area contributed by atoms with E-state index in [1.54, 1.807) is 18.2 Å². The molecule has 0 amide bonds. The van der Waals surface area contributed by atoms with Gasteiger partial charge in [-0.3, -0.25) is 0 Å². The second-order valence-electron chi connectivity index (χ2n) is 4.51. The highest BCUT2D eigenvalue weighted by Gasteiger charge is 2.08. The molecule has 3 nitrogen and oxygen atoms in total. The van der Waals surface area contributed by atoms with Crippen LogP contribution in [0.4, 0.5) is 10.1 Å². The molecular weight excluding hydrogens is 335 g/mol. The van der Waals surface area contributed by atoms with E-state index in [4.69, 9.17) is 10.00 Å². The topological polar surface area (TPSA) is 45.0 Å². The largest absolute Gasteiger partial charge is 0.479 e. The molecule has 0 aliphatic rings. The van der Waals surface area contributed by atoms with Gasteiger partial charge in [0.15, 0.2) is 6.61 Å². The molecule has 0 heterocycles. The SMILES string of the molecule is CC(Nc1cccc(OCC#N)c1)c1ccc(F)c(Br)c1. The summed E-state index contributed by atoms with van der Waals surface area (Å²) in [6.07, 6.45) is 0. The van der Waals surface area contributed by atoms with E-state index in [1.807, 2.05) is 31.2 Å². The molecule has 0 spiro atoms. The van der Waals surface area contributed by atoms with Crippen molar-refractivity contribution in [3.05, 3.63) is 58.3 Å². The van der Waals surface area contributed by atoms with Crippen LogP contribution >= 0.6 is 15.9 Å². The van der Waals surface area contributed by atoms with Crippen molar-refractivity contribution >= 4 is 21.6 Å². The van der Waals surface area contributed by atoms with Gasteiger partial charge in [-0.1, -0.05) is 12.1 Å². The number of nitriles is 1. The first-order valence-corrected chi connectivity index (χ1v) is 7.21. The van der Waals surface area contributed by atoms with Gasteiger partial charge in [0.2, 0.25) is 0 Å². The Bertz CT molecular complexity index is 670. The van der Waals surface area contributed by atoms with Gasteiger partial charge in [-0.2, -0.15) is 5.26 Å². The smallest absolute Gasteiger partial charge is 0.174 e. The zero-order valence-corrected chi connectivity index (χ0v) is 13.0. The lowest BCUT2D eigenvalue weighted by molar-refractivity contribution is 0.368. The minimum Gasteiger partial charge on any atom is -0.479 e. The zero-order chi connectivity index (χ0) is 15.2. The van der Waals surface area contributed by atoms with Gasteiger partial charge in [-0.15, -0.1) is 0 Å². The maximum absolute atomic E-state index is 13.3. The molecule has 0 aliphatic heterocycles. The number of benzene rings is 2. The summed E-state index contributed by atoms with van der Waals surface area (Å²) in [5, 5.41) is 11.8. The number of halogens is 2. The van der Waals surface area contributed by atoms with Gasteiger partial charge in [0.1, 0.15) is 17.6 Å². The lowest BCUT2D eigenvalue weighted by Crippen LogP contribution is -2.07. The summed E-state index contributed by atoms with van der Waals surface area (Å²) in [5.74, 6) is 0.354. The average Bonchev–Trinajstić information content (AvgIpc) is 2.48. The number of nitrogens with zero attached hydrogens (tertiary/aromatic N) is 1. The third-order valence-electron chi connectivity index (χ3n) is 2.96. The van der Waals surface area contributed by atoms with Crippen LogP contribution in [-0.2, 0) is 0 Å². The Labute approximate surface area is 131 Å². The lowest BCUT2D eigenvalue weighted by Gasteiger charge is -2.17. The number of rotatable bonds is 5. The molecule has 0 aromatic heterocycles. The van der Waals surface area contributed by atoms with Crippen LogP contribution in [0.3, 0.4) is 0 Å². The Hall–Kier alpha value is -2.06. The van der Waals surface area contributed by atoms with E-state index < -0.39 is 0 Å². The monoisotopic (exact) mass is 348 g/mol. The number of hydrogen-bond donors (Lipinski definition) is 1. The zero-order valence-electron chi connectivity index (χ0n) is 11.4. The standard InChI is InChI=1S/C16H14BrFN2O/c1-11(12-5-6-16(18)15(17)9-12)20-13-3-2-4-14(10-13)21-8-7-19/h2-6,9-11,20H,8H2,1H3. The summed E-state index contributed by atoms with van der Waals surface area (Å²) in [4.78, 5) is 0. The predicted octanol–water partition coefficient (Wildman–Crippen LogP) is 4.66. The minimum atomic E-state index is -0.280. The van der Waals surface area contributed by atoms with Crippen LogP contribution in [0.1, 0.15) is 18.5 Å². The van der Waals surface area contributed by atoms with Gasteiger partial charge in [0.25, 0.3) is 0 Å². The second kappa shape index (κ2) is 7.09. The summed E-state index contributed by atoms with van der Waals surface area (Å²) >= 11 is 3.19. The lowest BCUT2D eigenvalue weighted by atomic mass is 10.1. The Balaban J connectivity index is 2.10. The molecule has 1 N–H and O–H groups in total. The summed E-state index contributed by atoms with van der Waals surface area (Å²) in [5.41, 5.74) is 1.84. The van der Waals surface area contributed by atoms with Crippen molar-refractivity contribution in [2.75, 3.05) is 11.9 Å². The van der Waals surface area contributed by atoms with E-state index in [1.165, 1.54) is 6.07 Å². The Kier molecular flexibility index (Phi) is 5.18. The maximum Gasteiger partial charge on any atom is 0.174 e. The third-order valence-corrected chi connectivity index (χ3v) is 3.57. The van der Waals surface area contributed by atoms with Crippen LogP contribution in [0.25, 0.3) is 0 Å². The Morgan fingerprint density at radius 1 is 1.33 bits per heavy atom. The average molecular weight is 349 g/mol. The Morgan fingerprint density at radius 2 is 2.14 bits per heavy atom. The molecule has 1 atom stereocenters. The summed E-state index contributed by atoms with van der Waals surface area (Å²) in [6, 6.07) is 14.2. The molecule has 1 unspecified atom stereocenters. The van der Waals surface area contributed by atoms with E-state index in [9.17, 15) is 4.39 Å². The van der Waals surface area contributed by atoms with Gasteiger partial charge in [-0.25, -0.2) is 4.39 Å².